The van der Waals surface area contributed by atoms with Gasteiger partial charge in [0.15, 0.2) is 0 Å². The minimum atomic E-state index is -0.107. The fourth-order valence-corrected chi connectivity index (χ4v) is 1.89. The summed E-state index contributed by atoms with van der Waals surface area (Å²) in [4.78, 5) is 16.1. The first-order valence-corrected chi connectivity index (χ1v) is 6.20. The van der Waals surface area contributed by atoms with E-state index in [1.54, 1.807) is 0 Å². The average Bonchev–Trinajstić information content (AvgIpc) is 2.88. The van der Waals surface area contributed by atoms with Crippen molar-refractivity contribution in [2.45, 2.75) is 39.0 Å². The standard InChI is InChI=1S/C13H19NO3/c1-3-16-14-13(15)7-5-10-4-6-12(17-10)11-8-9(11)2/h4,6,9,11H,3,5,7-8H2,1-2H3,(H,14,15)/t9-,11+/m1/s1. The Kier molecular flexibility index (Phi) is 3.84. The van der Waals surface area contributed by atoms with E-state index < -0.39 is 0 Å². The summed E-state index contributed by atoms with van der Waals surface area (Å²) in [5.74, 6) is 3.18. The van der Waals surface area contributed by atoms with E-state index >= 15 is 0 Å². The van der Waals surface area contributed by atoms with Crippen LogP contribution in [0, 0.1) is 5.92 Å². The van der Waals surface area contributed by atoms with Crippen LogP contribution in [0.5, 0.6) is 0 Å². The molecule has 1 fully saturated rings. The molecule has 94 valence electrons. The lowest BCUT2D eigenvalue weighted by molar-refractivity contribution is -0.133. The molecule has 0 aromatic carbocycles. The van der Waals surface area contributed by atoms with E-state index in [1.807, 2.05) is 19.1 Å². The van der Waals surface area contributed by atoms with Crippen molar-refractivity contribution in [3.05, 3.63) is 23.7 Å². The van der Waals surface area contributed by atoms with Crippen molar-refractivity contribution in [2.75, 3.05) is 6.61 Å². The minimum absolute atomic E-state index is 0.107. The number of carbonyl (C=O) groups excluding carboxylic acids is 1. The van der Waals surface area contributed by atoms with Crippen LogP contribution in [-0.4, -0.2) is 12.5 Å². The second-order valence-electron chi connectivity index (χ2n) is 4.58. The quantitative estimate of drug-likeness (QED) is 0.773. The van der Waals surface area contributed by atoms with E-state index in [0.717, 1.165) is 17.4 Å². The summed E-state index contributed by atoms with van der Waals surface area (Å²) in [5.41, 5.74) is 2.37. The van der Waals surface area contributed by atoms with Crippen LogP contribution in [-0.2, 0) is 16.1 Å². The molecular weight excluding hydrogens is 218 g/mol. The summed E-state index contributed by atoms with van der Waals surface area (Å²) >= 11 is 0. The van der Waals surface area contributed by atoms with Gasteiger partial charge in [0.1, 0.15) is 11.5 Å². The van der Waals surface area contributed by atoms with Crippen molar-refractivity contribution in [2.24, 2.45) is 5.92 Å². The lowest BCUT2D eigenvalue weighted by atomic mass is 10.2. The van der Waals surface area contributed by atoms with Crippen LogP contribution in [0.2, 0.25) is 0 Å². The molecule has 0 saturated heterocycles. The number of carbonyl (C=O) groups is 1. The van der Waals surface area contributed by atoms with Crippen molar-refractivity contribution in [1.82, 2.24) is 5.48 Å². The normalized spacial score (nSPS) is 22.5. The van der Waals surface area contributed by atoms with E-state index in [-0.39, 0.29) is 5.91 Å². The molecule has 1 heterocycles. The summed E-state index contributed by atoms with van der Waals surface area (Å²) in [6.45, 7) is 4.54. The van der Waals surface area contributed by atoms with Gasteiger partial charge in [0.2, 0.25) is 5.91 Å². The highest BCUT2D eigenvalue weighted by atomic mass is 16.6. The number of aryl methyl sites for hydroxylation is 1. The van der Waals surface area contributed by atoms with E-state index in [4.69, 9.17) is 9.25 Å². The lowest BCUT2D eigenvalue weighted by Crippen LogP contribution is -2.23. The smallest absolute Gasteiger partial charge is 0.243 e. The first-order chi connectivity index (χ1) is 8.20. The monoisotopic (exact) mass is 237 g/mol. The summed E-state index contributed by atoms with van der Waals surface area (Å²) in [6, 6.07) is 4.00. The Labute approximate surface area is 101 Å². The number of hydroxylamine groups is 1. The highest BCUT2D eigenvalue weighted by Crippen LogP contribution is 2.47. The number of hydrogen-bond donors (Lipinski definition) is 1. The second-order valence-corrected chi connectivity index (χ2v) is 4.58. The zero-order valence-electron chi connectivity index (χ0n) is 10.4. The predicted octanol–water partition coefficient (Wildman–Crippen LogP) is 2.40. The number of rotatable bonds is 6. The summed E-state index contributed by atoms with van der Waals surface area (Å²) in [6.07, 6.45) is 2.24. The largest absolute Gasteiger partial charge is 0.466 e. The molecule has 2 atom stereocenters. The molecule has 0 aliphatic heterocycles. The van der Waals surface area contributed by atoms with E-state index in [2.05, 4.69) is 12.4 Å². The molecule has 1 aliphatic rings. The average molecular weight is 237 g/mol. The van der Waals surface area contributed by atoms with Gasteiger partial charge < -0.3 is 4.42 Å². The Morgan fingerprint density at radius 2 is 2.35 bits per heavy atom. The molecule has 0 unspecified atom stereocenters. The Morgan fingerprint density at radius 1 is 1.59 bits per heavy atom. The first kappa shape index (κ1) is 12.2. The molecule has 0 bridgehead atoms. The summed E-state index contributed by atoms with van der Waals surface area (Å²) in [5, 5.41) is 0. The minimum Gasteiger partial charge on any atom is -0.466 e. The number of furan rings is 1. The molecule has 1 saturated carbocycles. The van der Waals surface area contributed by atoms with Crippen molar-refractivity contribution >= 4 is 5.91 Å². The molecule has 1 aromatic heterocycles. The van der Waals surface area contributed by atoms with Crippen LogP contribution >= 0.6 is 0 Å². The molecule has 4 heteroatoms. The third-order valence-corrected chi connectivity index (χ3v) is 3.09. The first-order valence-electron chi connectivity index (χ1n) is 6.20. The van der Waals surface area contributed by atoms with Crippen LogP contribution in [0.3, 0.4) is 0 Å². The van der Waals surface area contributed by atoms with Gasteiger partial charge in [-0.3, -0.25) is 9.63 Å². The maximum Gasteiger partial charge on any atom is 0.243 e. The van der Waals surface area contributed by atoms with Crippen molar-refractivity contribution in [3.8, 4) is 0 Å². The van der Waals surface area contributed by atoms with Gasteiger partial charge in [-0.25, -0.2) is 5.48 Å². The van der Waals surface area contributed by atoms with Crippen LogP contribution in [0.1, 0.15) is 44.1 Å². The van der Waals surface area contributed by atoms with E-state index in [9.17, 15) is 4.79 Å². The van der Waals surface area contributed by atoms with Gasteiger partial charge in [0, 0.05) is 18.8 Å². The number of amides is 1. The number of nitrogens with one attached hydrogen (secondary N) is 1. The van der Waals surface area contributed by atoms with Crippen LogP contribution in [0.4, 0.5) is 0 Å². The van der Waals surface area contributed by atoms with Gasteiger partial charge >= 0.3 is 0 Å². The molecular formula is C13H19NO3. The Morgan fingerprint density at radius 3 is 3.00 bits per heavy atom. The third kappa shape index (κ3) is 3.33. The maximum atomic E-state index is 11.3. The molecule has 0 spiro atoms. The molecule has 1 N–H and O–H groups in total. The van der Waals surface area contributed by atoms with Gasteiger partial charge in [-0.05, 0) is 31.4 Å². The summed E-state index contributed by atoms with van der Waals surface area (Å²) < 4.78 is 5.71. The highest BCUT2D eigenvalue weighted by molar-refractivity contribution is 5.74. The highest BCUT2D eigenvalue weighted by Gasteiger charge is 2.36. The zero-order valence-corrected chi connectivity index (χ0v) is 10.4. The van der Waals surface area contributed by atoms with Crippen molar-refractivity contribution < 1.29 is 14.0 Å². The Bertz CT molecular complexity index is 386. The van der Waals surface area contributed by atoms with Gasteiger partial charge in [0.05, 0.1) is 6.61 Å². The summed E-state index contributed by atoms with van der Waals surface area (Å²) in [7, 11) is 0. The van der Waals surface area contributed by atoms with Crippen molar-refractivity contribution in [1.29, 1.82) is 0 Å². The topological polar surface area (TPSA) is 51.5 Å². The molecule has 1 aromatic rings. The maximum absolute atomic E-state index is 11.3. The molecule has 4 nitrogen and oxygen atoms in total. The Balaban J connectivity index is 1.75. The van der Waals surface area contributed by atoms with Crippen LogP contribution in [0.25, 0.3) is 0 Å². The molecule has 1 amide bonds. The molecule has 0 radical (unpaired) electrons. The predicted molar refractivity (Wildman–Crippen MR) is 63.3 cm³/mol. The Hall–Kier alpha value is -1.29. The van der Waals surface area contributed by atoms with E-state index in [1.165, 1.54) is 6.42 Å². The van der Waals surface area contributed by atoms with Gasteiger partial charge in [-0.1, -0.05) is 6.92 Å². The van der Waals surface area contributed by atoms with Gasteiger partial charge in [0.25, 0.3) is 0 Å². The van der Waals surface area contributed by atoms with Crippen LogP contribution < -0.4 is 5.48 Å². The SMILES string of the molecule is CCONC(=O)CCc1ccc([C@H]2C[C@H]2C)o1. The third-order valence-electron chi connectivity index (χ3n) is 3.09. The second kappa shape index (κ2) is 5.36. The molecule has 1 aliphatic carbocycles. The fraction of sp³-hybridized carbons (Fsp3) is 0.615. The fourth-order valence-electron chi connectivity index (χ4n) is 1.89. The van der Waals surface area contributed by atoms with Gasteiger partial charge in [-0.15, -0.1) is 0 Å². The van der Waals surface area contributed by atoms with Crippen molar-refractivity contribution in [3.63, 3.8) is 0 Å². The van der Waals surface area contributed by atoms with Crippen LogP contribution in [0.15, 0.2) is 16.5 Å². The lowest BCUT2D eigenvalue weighted by Gasteiger charge is -2.02. The number of hydrogen-bond acceptors (Lipinski definition) is 3. The van der Waals surface area contributed by atoms with E-state index in [0.29, 0.717) is 25.4 Å². The molecule has 17 heavy (non-hydrogen) atoms. The molecule has 2 rings (SSSR count). The zero-order chi connectivity index (χ0) is 12.3. The van der Waals surface area contributed by atoms with Gasteiger partial charge in [-0.2, -0.15) is 0 Å².